The molecule has 0 radical (unpaired) electrons. The second-order valence-corrected chi connectivity index (χ2v) is 7.66. The molecule has 122 valence electrons. The fourth-order valence-corrected chi connectivity index (χ4v) is 4.60. The highest BCUT2D eigenvalue weighted by Gasteiger charge is 2.48. The molecule has 2 aromatic rings. The SMILES string of the molecule is Cc1csc([C@@H]2CCCCN2C(=O)[C@H]2C[C@@H]2c2cnn(C)c2)n1. The number of aromatic nitrogens is 3. The van der Waals surface area contributed by atoms with Gasteiger partial charge in [-0.2, -0.15) is 5.10 Å². The molecular formula is C17H22N4OS. The van der Waals surface area contributed by atoms with E-state index in [1.807, 2.05) is 31.0 Å². The first kappa shape index (κ1) is 14.9. The third-order valence-corrected chi connectivity index (χ3v) is 6.03. The van der Waals surface area contributed by atoms with Crippen LogP contribution in [0.25, 0.3) is 0 Å². The first-order valence-corrected chi connectivity index (χ1v) is 9.22. The molecule has 5 nitrogen and oxygen atoms in total. The Morgan fingerprint density at radius 2 is 2.26 bits per heavy atom. The smallest absolute Gasteiger partial charge is 0.226 e. The van der Waals surface area contributed by atoms with E-state index in [0.717, 1.165) is 36.5 Å². The Balaban J connectivity index is 1.50. The molecular weight excluding hydrogens is 308 g/mol. The maximum Gasteiger partial charge on any atom is 0.226 e. The summed E-state index contributed by atoms with van der Waals surface area (Å²) in [6.07, 6.45) is 8.24. The molecule has 1 aliphatic heterocycles. The molecule has 1 aliphatic carbocycles. The topological polar surface area (TPSA) is 51.0 Å². The van der Waals surface area contributed by atoms with Crippen LogP contribution in [-0.2, 0) is 11.8 Å². The number of amides is 1. The first-order chi connectivity index (χ1) is 11.1. The summed E-state index contributed by atoms with van der Waals surface area (Å²) < 4.78 is 1.82. The molecule has 0 spiro atoms. The Kier molecular flexibility index (Phi) is 3.71. The number of rotatable bonds is 3. The minimum atomic E-state index is 0.140. The first-order valence-electron chi connectivity index (χ1n) is 8.34. The normalized spacial score (nSPS) is 27.2. The monoisotopic (exact) mass is 330 g/mol. The zero-order valence-corrected chi connectivity index (χ0v) is 14.4. The summed E-state index contributed by atoms with van der Waals surface area (Å²) in [7, 11) is 1.92. The van der Waals surface area contributed by atoms with Gasteiger partial charge in [0, 0.05) is 36.8 Å². The molecule has 0 bridgehead atoms. The molecule has 3 atom stereocenters. The molecule has 0 N–H and O–H groups in total. The summed E-state index contributed by atoms with van der Waals surface area (Å²) in [5, 5.41) is 7.42. The molecule has 6 heteroatoms. The molecule has 2 aromatic heterocycles. The molecule has 1 saturated heterocycles. The number of nitrogens with zero attached hydrogens (tertiary/aromatic N) is 4. The molecule has 4 rings (SSSR count). The van der Waals surface area contributed by atoms with E-state index in [1.165, 1.54) is 12.0 Å². The van der Waals surface area contributed by atoms with Gasteiger partial charge in [0.2, 0.25) is 5.91 Å². The highest BCUT2D eigenvalue weighted by Crippen LogP contribution is 2.49. The van der Waals surface area contributed by atoms with E-state index in [0.29, 0.717) is 11.8 Å². The maximum atomic E-state index is 13.0. The van der Waals surface area contributed by atoms with Crippen LogP contribution in [-0.4, -0.2) is 32.1 Å². The highest BCUT2D eigenvalue weighted by molar-refractivity contribution is 7.09. The molecule has 3 heterocycles. The molecule has 23 heavy (non-hydrogen) atoms. The zero-order valence-electron chi connectivity index (χ0n) is 13.6. The van der Waals surface area contributed by atoms with Gasteiger partial charge in [0.25, 0.3) is 0 Å². The summed E-state index contributed by atoms with van der Waals surface area (Å²) in [4.78, 5) is 19.8. The van der Waals surface area contributed by atoms with Gasteiger partial charge in [-0.15, -0.1) is 11.3 Å². The van der Waals surface area contributed by atoms with Crippen molar-refractivity contribution < 1.29 is 4.79 Å². The third kappa shape index (κ3) is 2.80. The second kappa shape index (κ2) is 5.74. The van der Waals surface area contributed by atoms with Crippen LogP contribution in [0.4, 0.5) is 0 Å². The van der Waals surface area contributed by atoms with Crippen LogP contribution in [0.1, 0.15) is 53.9 Å². The van der Waals surface area contributed by atoms with E-state index < -0.39 is 0 Å². The predicted molar refractivity (Wildman–Crippen MR) is 89.2 cm³/mol. The fourth-order valence-electron chi connectivity index (χ4n) is 3.66. The number of piperidine rings is 1. The van der Waals surface area contributed by atoms with Crippen LogP contribution in [0.5, 0.6) is 0 Å². The van der Waals surface area contributed by atoms with E-state index in [-0.39, 0.29) is 12.0 Å². The minimum absolute atomic E-state index is 0.140. The van der Waals surface area contributed by atoms with Crippen molar-refractivity contribution in [3.05, 3.63) is 34.0 Å². The highest BCUT2D eigenvalue weighted by atomic mass is 32.1. The van der Waals surface area contributed by atoms with Crippen LogP contribution >= 0.6 is 11.3 Å². The number of likely N-dealkylation sites (tertiary alicyclic amines) is 1. The molecule has 2 aliphatic rings. The van der Waals surface area contributed by atoms with Crippen molar-refractivity contribution in [2.24, 2.45) is 13.0 Å². The second-order valence-electron chi connectivity index (χ2n) is 6.77. The van der Waals surface area contributed by atoms with Crippen molar-refractivity contribution in [3.8, 4) is 0 Å². The van der Waals surface area contributed by atoms with Crippen molar-refractivity contribution in [1.82, 2.24) is 19.7 Å². The van der Waals surface area contributed by atoms with Gasteiger partial charge in [-0.3, -0.25) is 9.48 Å². The van der Waals surface area contributed by atoms with Crippen molar-refractivity contribution in [3.63, 3.8) is 0 Å². The molecule has 1 amide bonds. The number of aryl methyl sites for hydroxylation is 2. The largest absolute Gasteiger partial charge is 0.333 e. The van der Waals surface area contributed by atoms with Gasteiger partial charge in [-0.25, -0.2) is 4.98 Å². The van der Waals surface area contributed by atoms with Gasteiger partial charge in [0.1, 0.15) is 5.01 Å². The van der Waals surface area contributed by atoms with Crippen molar-refractivity contribution in [2.75, 3.05) is 6.54 Å². The quantitative estimate of drug-likeness (QED) is 0.869. The number of carbonyl (C=O) groups excluding carboxylic acids is 1. The molecule has 2 fully saturated rings. The van der Waals surface area contributed by atoms with Crippen molar-refractivity contribution in [2.45, 2.75) is 44.6 Å². The Labute approximate surface area is 140 Å². The molecule has 0 unspecified atom stereocenters. The summed E-state index contributed by atoms with van der Waals surface area (Å²) >= 11 is 1.69. The number of thiazole rings is 1. The Hall–Kier alpha value is -1.69. The predicted octanol–water partition coefficient (Wildman–Crippen LogP) is 3.04. The van der Waals surface area contributed by atoms with Gasteiger partial charge in [0.05, 0.1) is 12.2 Å². The van der Waals surface area contributed by atoms with Crippen LogP contribution in [0, 0.1) is 12.8 Å². The Morgan fingerprint density at radius 3 is 2.96 bits per heavy atom. The maximum absolute atomic E-state index is 13.0. The van der Waals surface area contributed by atoms with Gasteiger partial charge >= 0.3 is 0 Å². The van der Waals surface area contributed by atoms with Crippen molar-refractivity contribution >= 4 is 17.2 Å². The lowest BCUT2D eigenvalue weighted by Gasteiger charge is -2.34. The Bertz CT molecular complexity index is 722. The van der Waals surface area contributed by atoms with Crippen LogP contribution in [0.15, 0.2) is 17.8 Å². The van der Waals surface area contributed by atoms with Gasteiger partial charge in [-0.05, 0) is 44.1 Å². The van der Waals surface area contributed by atoms with E-state index in [2.05, 4.69) is 20.4 Å². The van der Waals surface area contributed by atoms with Gasteiger partial charge in [-0.1, -0.05) is 0 Å². The van der Waals surface area contributed by atoms with Gasteiger partial charge < -0.3 is 4.90 Å². The Morgan fingerprint density at radius 1 is 1.39 bits per heavy atom. The standard InChI is InChI=1S/C17H22N4OS/c1-11-10-23-16(19-11)15-5-3-4-6-21(15)17(22)14-7-13(14)12-8-18-20(2)9-12/h8-10,13-15H,3-7H2,1-2H3/t13-,14+,15+/m1/s1. The van der Waals surface area contributed by atoms with Gasteiger partial charge in [0.15, 0.2) is 0 Å². The van der Waals surface area contributed by atoms with Crippen LogP contribution in [0.3, 0.4) is 0 Å². The summed E-state index contributed by atoms with van der Waals surface area (Å²) in [5.41, 5.74) is 2.26. The van der Waals surface area contributed by atoms with Crippen molar-refractivity contribution in [1.29, 1.82) is 0 Å². The average molecular weight is 330 g/mol. The lowest BCUT2D eigenvalue weighted by molar-refractivity contribution is -0.136. The van der Waals surface area contributed by atoms with E-state index >= 15 is 0 Å². The van der Waals surface area contributed by atoms with E-state index in [4.69, 9.17) is 0 Å². The fraction of sp³-hybridized carbons (Fsp3) is 0.588. The number of hydrogen-bond donors (Lipinski definition) is 0. The molecule has 1 saturated carbocycles. The lowest BCUT2D eigenvalue weighted by atomic mass is 10.0. The molecule has 0 aromatic carbocycles. The minimum Gasteiger partial charge on any atom is -0.333 e. The summed E-state index contributed by atoms with van der Waals surface area (Å²) in [5.74, 6) is 0.814. The summed E-state index contributed by atoms with van der Waals surface area (Å²) in [6, 6.07) is 0.185. The van der Waals surface area contributed by atoms with E-state index in [1.54, 1.807) is 11.3 Å². The summed E-state index contributed by atoms with van der Waals surface area (Å²) in [6.45, 7) is 2.90. The zero-order chi connectivity index (χ0) is 16.0. The average Bonchev–Trinajstić information content (AvgIpc) is 3.05. The number of carbonyl (C=O) groups is 1. The van der Waals surface area contributed by atoms with E-state index in [9.17, 15) is 4.79 Å². The van der Waals surface area contributed by atoms with Crippen LogP contribution < -0.4 is 0 Å². The van der Waals surface area contributed by atoms with Crippen LogP contribution in [0.2, 0.25) is 0 Å². The number of hydrogen-bond acceptors (Lipinski definition) is 4. The third-order valence-electron chi connectivity index (χ3n) is 4.97. The lowest BCUT2D eigenvalue weighted by Crippen LogP contribution is -2.39.